The fraction of sp³-hybridized carbons (Fsp3) is 0.923. The van der Waals surface area contributed by atoms with Gasteiger partial charge in [-0.15, -0.1) is 0 Å². The van der Waals surface area contributed by atoms with Crippen molar-refractivity contribution in [3.63, 3.8) is 0 Å². The molecule has 0 aromatic rings. The smallest absolute Gasteiger partial charge is 0.223 e. The van der Waals surface area contributed by atoms with Crippen LogP contribution in [-0.2, 0) is 4.79 Å². The van der Waals surface area contributed by atoms with Crippen LogP contribution in [0.3, 0.4) is 0 Å². The van der Waals surface area contributed by atoms with Gasteiger partial charge in [0.2, 0.25) is 5.91 Å². The van der Waals surface area contributed by atoms with Crippen LogP contribution in [0.4, 0.5) is 0 Å². The molecule has 0 spiro atoms. The van der Waals surface area contributed by atoms with E-state index in [0.717, 1.165) is 6.42 Å². The number of amides is 1. The third kappa shape index (κ3) is 2.57. The quantitative estimate of drug-likeness (QED) is 0.744. The number of hydrogen-bond donors (Lipinski definition) is 2. The molecular formula is C13H24N2O. The molecule has 3 heteroatoms. The van der Waals surface area contributed by atoms with Crippen LogP contribution in [0.25, 0.3) is 0 Å². The molecule has 0 aliphatic heterocycles. The monoisotopic (exact) mass is 224 g/mol. The Hall–Kier alpha value is -0.570. The second kappa shape index (κ2) is 4.74. The molecule has 3 unspecified atom stereocenters. The van der Waals surface area contributed by atoms with Crippen molar-refractivity contribution in [2.24, 2.45) is 29.4 Å². The van der Waals surface area contributed by atoms with Crippen LogP contribution in [0.2, 0.25) is 0 Å². The maximum Gasteiger partial charge on any atom is 0.223 e. The van der Waals surface area contributed by atoms with E-state index in [1.165, 1.54) is 19.3 Å². The lowest BCUT2D eigenvalue weighted by Gasteiger charge is -2.15. The minimum atomic E-state index is 0.113. The van der Waals surface area contributed by atoms with Gasteiger partial charge in [0.1, 0.15) is 0 Å². The Balaban J connectivity index is 1.65. The highest BCUT2D eigenvalue weighted by Gasteiger charge is 2.56. The topological polar surface area (TPSA) is 55.1 Å². The van der Waals surface area contributed by atoms with Crippen LogP contribution in [0.5, 0.6) is 0 Å². The zero-order chi connectivity index (χ0) is 11.7. The Kier molecular flexibility index (Phi) is 3.53. The van der Waals surface area contributed by atoms with Crippen molar-refractivity contribution in [2.45, 2.75) is 45.6 Å². The summed E-state index contributed by atoms with van der Waals surface area (Å²) in [6, 6.07) is 0.113. The summed E-state index contributed by atoms with van der Waals surface area (Å²) in [7, 11) is 0. The number of fused-ring (bicyclic) bond motifs is 1. The number of nitrogens with two attached hydrogens (primary N) is 1. The van der Waals surface area contributed by atoms with Crippen LogP contribution in [0, 0.1) is 23.7 Å². The van der Waals surface area contributed by atoms with Crippen molar-refractivity contribution in [1.82, 2.24) is 5.32 Å². The molecule has 2 aliphatic carbocycles. The van der Waals surface area contributed by atoms with Gasteiger partial charge in [-0.1, -0.05) is 20.3 Å². The van der Waals surface area contributed by atoms with E-state index in [0.29, 0.717) is 30.2 Å². The van der Waals surface area contributed by atoms with Gasteiger partial charge in [-0.3, -0.25) is 4.79 Å². The summed E-state index contributed by atoms with van der Waals surface area (Å²) in [5.41, 5.74) is 5.94. The molecule has 2 fully saturated rings. The van der Waals surface area contributed by atoms with Crippen LogP contribution >= 0.6 is 0 Å². The molecule has 3 nitrogen and oxygen atoms in total. The zero-order valence-electron chi connectivity index (χ0n) is 10.4. The predicted molar refractivity (Wildman–Crippen MR) is 64.8 cm³/mol. The molecule has 0 aromatic carbocycles. The van der Waals surface area contributed by atoms with Gasteiger partial charge < -0.3 is 11.1 Å². The lowest BCUT2D eigenvalue weighted by atomic mass is 10.0. The Morgan fingerprint density at radius 3 is 2.56 bits per heavy atom. The lowest BCUT2D eigenvalue weighted by Crippen LogP contribution is -2.39. The molecule has 3 atom stereocenters. The van der Waals surface area contributed by atoms with Crippen molar-refractivity contribution < 1.29 is 4.79 Å². The molecule has 92 valence electrons. The average molecular weight is 224 g/mol. The minimum absolute atomic E-state index is 0.113. The molecule has 2 saturated carbocycles. The predicted octanol–water partition coefficient (Wildman–Crippen LogP) is 1.52. The molecular weight excluding hydrogens is 200 g/mol. The summed E-state index contributed by atoms with van der Waals surface area (Å²) >= 11 is 0. The van der Waals surface area contributed by atoms with Gasteiger partial charge in [0, 0.05) is 18.5 Å². The van der Waals surface area contributed by atoms with E-state index in [-0.39, 0.29) is 11.9 Å². The summed E-state index contributed by atoms with van der Waals surface area (Å²) < 4.78 is 0. The number of carbonyl (C=O) groups excluding carboxylic acids is 1. The molecule has 2 aliphatic rings. The molecule has 0 saturated heterocycles. The third-order valence-corrected chi connectivity index (χ3v) is 4.02. The van der Waals surface area contributed by atoms with E-state index in [1.54, 1.807) is 0 Å². The first-order valence-electron chi connectivity index (χ1n) is 6.63. The van der Waals surface area contributed by atoms with E-state index >= 15 is 0 Å². The fourth-order valence-electron chi connectivity index (χ4n) is 3.25. The molecule has 1 amide bonds. The largest absolute Gasteiger partial charge is 0.354 e. The summed E-state index contributed by atoms with van der Waals surface area (Å²) in [4.78, 5) is 11.8. The van der Waals surface area contributed by atoms with E-state index < -0.39 is 0 Å². The van der Waals surface area contributed by atoms with Crippen molar-refractivity contribution in [3.8, 4) is 0 Å². The molecule has 3 N–H and O–H groups in total. The van der Waals surface area contributed by atoms with E-state index in [4.69, 9.17) is 5.73 Å². The average Bonchev–Trinajstić information content (AvgIpc) is 2.68. The van der Waals surface area contributed by atoms with Gasteiger partial charge in [0.15, 0.2) is 0 Å². The van der Waals surface area contributed by atoms with Crippen molar-refractivity contribution in [1.29, 1.82) is 0 Å². The third-order valence-electron chi connectivity index (χ3n) is 4.02. The second-order valence-electron chi connectivity index (χ2n) is 5.92. The van der Waals surface area contributed by atoms with Gasteiger partial charge in [-0.25, -0.2) is 0 Å². The number of rotatable bonds is 5. The molecule has 16 heavy (non-hydrogen) atoms. The summed E-state index contributed by atoms with van der Waals surface area (Å²) in [6.45, 7) is 4.97. The van der Waals surface area contributed by atoms with Crippen molar-refractivity contribution in [2.75, 3.05) is 6.54 Å². The van der Waals surface area contributed by atoms with Crippen LogP contribution in [-0.4, -0.2) is 18.5 Å². The Labute approximate surface area is 98.2 Å². The van der Waals surface area contributed by atoms with Gasteiger partial charge in [0.05, 0.1) is 0 Å². The number of nitrogens with one attached hydrogen (secondary N) is 1. The van der Waals surface area contributed by atoms with Gasteiger partial charge in [0.25, 0.3) is 0 Å². The zero-order valence-corrected chi connectivity index (χ0v) is 10.4. The van der Waals surface area contributed by atoms with Crippen LogP contribution in [0.1, 0.15) is 39.5 Å². The van der Waals surface area contributed by atoms with E-state index in [2.05, 4.69) is 19.2 Å². The molecule has 2 rings (SSSR count). The normalized spacial score (nSPS) is 33.6. The summed E-state index contributed by atoms with van der Waals surface area (Å²) in [5.74, 6) is 2.61. The van der Waals surface area contributed by atoms with Gasteiger partial charge in [-0.2, -0.15) is 0 Å². The van der Waals surface area contributed by atoms with E-state index in [1.807, 2.05) is 0 Å². The summed E-state index contributed by atoms with van der Waals surface area (Å²) in [5, 5.41) is 3.01. The lowest BCUT2D eigenvalue weighted by molar-refractivity contribution is -0.123. The Morgan fingerprint density at radius 2 is 2.00 bits per heavy atom. The molecule has 0 aromatic heterocycles. The summed E-state index contributed by atoms with van der Waals surface area (Å²) in [6.07, 6.45) is 4.84. The second-order valence-corrected chi connectivity index (χ2v) is 5.92. The Bertz CT molecular complexity index is 255. The first-order chi connectivity index (χ1) is 7.59. The molecule has 0 radical (unpaired) electrons. The fourth-order valence-corrected chi connectivity index (χ4v) is 3.25. The maximum absolute atomic E-state index is 11.8. The minimum Gasteiger partial charge on any atom is -0.354 e. The van der Waals surface area contributed by atoms with Gasteiger partial charge in [-0.05, 0) is 37.0 Å². The van der Waals surface area contributed by atoms with Crippen LogP contribution in [0.15, 0.2) is 0 Å². The number of hydrogen-bond acceptors (Lipinski definition) is 2. The maximum atomic E-state index is 11.8. The highest BCUT2D eigenvalue weighted by atomic mass is 16.2. The van der Waals surface area contributed by atoms with Crippen molar-refractivity contribution in [3.05, 3.63) is 0 Å². The standard InChI is InChI=1S/C13H24N2O/c1-8(2)6-9(14)7-15-13(16)12-10-4-3-5-11(10)12/h8-12H,3-7,14H2,1-2H3,(H,15,16). The van der Waals surface area contributed by atoms with E-state index in [9.17, 15) is 4.79 Å². The molecule has 0 bridgehead atoms. The number of carbonyl (C=O) groups is 1. The highest BCUT2D eigenvalue weighted by molar-refractivity contribution is 5.82. The highest BCUT2D eigenvalue weighted by Crippen LogP contribution is 2.57. The first-order valence-corrected chi connectivity index (χ1v) is 6.63. The molecule has 0 heterocycles. The SMILES string of the molecule is CC(C)CC(N)CNC(=O)C1C2CCCC21. The Morgan fingerprint density at radius 1 is 1.38 bits per heavy atom. The van der Waals surface area contributed by atoms with Gasteiger partial charge >= 0.3 is 0 Å². The van der Waals surface area contributed by atoms with Crippen LogP contribution < -0.4 is 11.1 Å². The first kappa shape index (κ1) is 11.9. The van der Waals surface area contributed by atoms with Crippen molar-refractivity contribution >= 4 is 5.91 Å².